The Morgan fingerprint density at radius 3 is 0.944 bits per heavy atom. The SMILES string of the molecule is CC(C)(C)[Si](C)(C)OC[C@@H](CCC[C@@H](CC[P+](c1ccccc1)(c1ccccc1)c1ccccc1)O[Si](c1ccccc1)(c1ccccc1)C(C)(C)C)O[Si](c1ccccc1)(c1ccccc1)C(C)(C)C.[I-]. The van der Waals surface area contributed by atoms with Gasteiger partial charge in [0.05, 0.1) is 18.9 Å². The van der Waals surface area contributed by atoms with Crippen LogP contribution in [-0.2, 0) is 13.3 Å². The second-order valence-electron chi connectivity index (χ2n) is 23.1. The lowest BCUT2D eigenvalue weighted by Gasteiger charge is -2.46. The van der Waals surface area contributed by atoms with Crippen LogP contribution < -0.4 is 60.6 Å². The average molecular weight is 1140 g/mol. The van der Waals surface area contributed by atoms with Crippen molar-refractivity contribution in [1.29, 1.82) is 0 Å². The van der Waals surface area contributed by atoms with Crippen LogP contribution in [0, 0.1) is 0 Å². The van der Waals surface area contributed by atoms with Gasteiger partial charge in [0, 0.05) is 12.5 Å². The van der Waals surface area contributed by atoms with Crippen LogP contribution in [0.5, 0.6) is 0 Å². The minimum absolute atomic E-state index is 0. The number of rotatable bonds is 21. The molecule has 0 amide bonds. The highest BCUT2D eigenvalue weighted by atomic mass is 127. The Balaban J connectivity index is 0.00000847. The molecule has 0 N–H and O–H groups in total. The quantitative estimate of drug-likeness (QED) is 0.0408. The van der Waals surface area contributed by atoms with Crippen molar-refractivity contribution >= 4 is 68.9 Å². The molecule has 7 aromatic carbocycles. The molecule has 0 radical (unpaired) electrons. The van der Waals surface area contributed by atoms with Crippen molar-refractivity contribution in [2.75, 3.05) is 12.8 Å². The lowest BCUT2D eigenvalue weighted by atomic mass is 10.1. The van der Waals surface area contributed by atoms with E-state index in [1.54, 1.807) is 0 Å². The summed E-state index contributed by atoms with van der Waals surface area (Å²) < 4.78 is 23.6. The molecule has 380 valence electrons. The second kappa shape index (κ2) is 24.7. The smallest absolute Gasteiger partial charge is 0.261 e. The average Bonchev–Trinajstić information content (AvgIpc) is 3.37. The normalized spacial score (nSPS) is 13.8. The van der Waals surface area contributed by atoms with Crippen molar-refractivity contribution in [2.24, 2.45) is 0 Å². The van der Waals surface area contributed by atoms with Gasteiger partial charge in [-0.2, -0.15) is 0 Å². The highest BCUT2D eigenvalue weighted by Crippen LogP contribution is 2.56. The third-order valence-electron chi connectivity index (χ3n) is 15.4. The van der Waals surface area contributed by atoms with Gasteiger partial charge in [0.15, 0.2) is 8.32 Å². The predicted molar refractivity (Wildman–Crippen MR) is 317 cm³/mol. The molecule has 7 rings (SSSR count). The molecule has 0 aromatic heterocycles. The zero-order valence-corrected chi connectivity index (χ0v) is 51.2. The molecule has 0 unspecified atom stereocenters. The van der Waals surface area contributed by atoms with Gasteiger partial charge in [-0.05, 0) is 105 Å². The lowest BCUT2D eigenvalue weighted by Crippen LogP contribution is -3.00. The molecule has 72 heavy (non-hydrogen) atoms. The monoisotopic (exact) mass is 1140 g/mol. The molecule has 0 aliphatic heterocycles. The Hall–Kier alpha value is -3.77. The van der Waals surface area contributed by atoms with Gasteiger partial charge in [-0.15, -0.1) is 0 Å². The second-order valence-corrected chi connectivity index (χ2v) is 40.1. The van der Waals surface area contributed by atoms with E-state index < -0.39 is 32.2 Å². The third kappa shape index (κ3) is 12.7. The first-order valence-corrected chi connectivity index (χ1v) is 34.8. The van der Waals surface area contributed by atoms with Crippen LogP contribution in [0.2, 0.25) is 28.2 Å². The molecule has 0 aliphatic rings. The lowest BCUT2D eigenvalue weighted by molar-refractivity contribution is -0.0000175. The van der Waals surface area contributed by atoms with E-state index in [0.29, 0.717) is 6.61 Å². The van der Waals surface area contributed by atoms with E-state index in [2.05, 4.69) is 288 Å². The molecule has 0 aliphatic carbocycles. The molecule has 8 heteroatoms. The fraction of sp³-hybridized carbons (Fsp3) is 0.344. The molecule has 2 atom stereocenters. The molecular formula is C64H82IO3PSi3. The van der Waals surface area contributed by atoms with E-state index in [-0.39, 0.29) is 51.3 Å². The van der Waals surface area contributed by atoms with Crippen LogP contribution in [0.3, 0.4) is 0 Å². The first-order chi connectivity index (χ1) is 33.8. The van der Waals surface area contributed by atoms with Crippen LogP contribution >= 0.6 is 7.26 Å². The summed E-state index contributed by atoms with van der Waals surface area (Å²) in [6.07, 6.45) is 4.38. The third-order valence-corrected chi connectivity index (χ3v) is 34.5. The first-order valence-electron chi connectivity index (χ1n) is 26.1. The van der Waals surface area contributed by atoms with Crippen LogP contribution in [0.15, 0.2) is 212 Å². The fourth-order valence-electron chi connectivity index (χ4n) is 10.6. The summed E-state index contributed by atoms with van der Waals surface area (Å²) in [6, 6.07) is 78.8. The van der Waals surface area contributed by atoms with Crippen molar-refractivity contribution in [1.82, 2.24) is 0 Å². The minimum atomic E-state index is -2.97. The van der Waals surface area contributed by atoms with Gasteiger partial charge in [-0.3, -0.25) is 0 Å². The summed E-state index contributed by atoms with van der Waals surface area (Å²) in [5.74, 6) is 0. The molecule has 0 saturated heterocycles. The van der Waals surface area contributed by atoms with E-state index in [9.17, 15) is 0 Å². The maximum atomic E-state index is 8.31. The van der Waals surface area contributed by atoms with Crippen LogP contribution in [0.4, 0.5) is 0 Å². The Labute approximate surface area is 456 Å². The molecule has 0 bridgehead atoms. The summed E-state index contributed by atoms with van der Waals surface area (Å²) in [5.41, 5.74) is 0. The highest BCUT2D eigenvalue weighted by Gasteiger charge is 2.54. The van der Waals surface area contributed by atoms with Crippen molar-refractivity contribution in [2.45, 2.75) is 128 Å². The van der Waals surface area contributed by atoms with E-state index in [4.69, 9.17) is 13.3 Å². The topological polar surface area (TPSA) is 27.7 Å². The molecule has 0 spiro atoms. The van der Waals surface area contributed by atoms with E-state index in [1.807, 2.05) is 0 Å². The highest BCUT2D eigenvalue weighted by molar-refractivity contribution is 7.95. The Morgan fingerprint density at radius 2 is 0.653 bits per heavy atom. The summed E-state index contributed by atoms with van der Waals surface area (Å²) >= 11 is 0. The van der Waals surface area contributed by atoms with E-state index in [0.717, 1.165) is 31.8 Å². The first kappa shape index (κ1) is 57.5. The van der Waals surface area contributed by atoms with Crippen molar-refractivity contribution in [3.63, 3.8) is 0 Å². The summed E-state index contributed by atoms with van der Waals surface area (Å²) in [4.78, 5) is 0. The number of benzene rings is 7. The molecule has 0 saturated carbocycles. The van der Waals surface area contributed by atoms with Crippen molar-refractivity contribution < 1.29 is 37.3 Å². The minimum Gasteiger partial charge on any atom is -1.00 e. The van der Waals surface area contributed by atoms with Crippen LogP contribution in [0.25, 0.3) is 0 Å². The Morgan fingerprint density at radius 1 is 0.375 bits per heavy atom. The number of halogens is 1. The molecular weight excluding hydrogens is 1060 g/mol. The van der Waals surface area contributed by atoms with Crippen LogP contribution in [0.1, 0.15) is 88.0 Å². The molecule has 0 heterocycles. The van der Waals surface area contributed by atoms with Crippen LogP contribution in [-0.4, -0.2) is 49.9 Å². The maximum absolute atomic E-state index is 8.31. The number of hydrogen-bond donors (Lipinski definition) is 0. The zero-order valence-electron chi connectivity index (χ0n) is 45.2. The largest absolute Gasteiger partial charge is 1.00 e. The molecule has 0 fully saturated rings. The number of hydrogen-bond acceptors (Lipinski definition) is 3. The van der Waals surface area contributed by atoms with Gasteiger partial charge in [-0.1, -0.05) is 238 Å². The van der Waals surface area contributed by atoms with Gasteiger partial charge >= 0.3 is 0 Å². The van der Waals surface area contributed by atoms with Gasteiger partial charge in [-0.25, -0.2) is 0 Å². The summed E-state index contributed by atoms with van der Waals surface area (Å²) in [5, 5.41) is 9.16. The van der Waals surface area contributed by atoms with Crippen molar-refractivity contribution in [3.8, 4) is 0 Å². The maximum Gasteiger partial charge on any atom is 0.261 e. The summed E-state index contributed by atoms with van der Waals surface area (Å²) in [6.45, 7) is 26.7. The fourth-order valence-corrected chi connectivity index (χ4v) is 25.5. The summed E-state index contributed by atoms with van der Waals surface area (Å²) in [7, 11) is -10.2. The van der Waals surface area contributed by atoms with E-state index in [1.165, 1.54) is 36.7 Å². The van der Waals surface area contributed by atoms with Gasteiger partial charge in [0.2, 0.25) is 0 Å². The predicted octanol–water partition coefficient (Wildman–Crippen LogP) is 10.5. The molecule has 7 aromatic rings. The zero-order chi connectivity index (χ0) is 50.8. The standard InChI is InChI=1S/C64H82O3PSi3.HI/c1-62(2,3)69(10,11)65-52-54(67-71(64(7,8)9,60-46-29-17-30-47-60)61-48-31-18-32-49-61)35-33-34-53(66-70(63(4,5)6,58-42-25-15-26-43-58)59-44-27-16-28-45-59)50-51-68(55-36-19-12-20-37-55,56-38-21-13-22-39-56)57-40-23-14-24-41-57;/h12-32,36-49,53-54H,33-35,50-52H2,1-11H3;1H/q+1;/p-1/t53-,54+;/m0./s1. The Bertz CT molecular complexity index is 2480. The molecule has 3 nitrogen and oxygen atoms in total. The van der Waals surface area contributed by atoms with Crippen molar-refractivity contribution in [3.05, 3.63) is 212 Å². The Kier molecular flexibility index (Phi) is 19.7. The van der Waals surface area contributed by atoms with Gasteiger partial charge in [0.25, 0.3) is 16.6 Å². The van der Waals surface area contributed by atoms with Gasteiger partial charge in [0.1, 0.15) is 23.2 Å². The van der Waals surface area contributed by atoms with E-state index >= 15 is 0 Å². The van der Waals surface area contributed by atoms with Gasteiger partial charge < -0.3 is 37.3 Å².